The first-order valence-corrected chi connectivity index (χ1v) is 18.2. The molecule has 0 heterocycles. The molecule has 3 heteroatoms. The number of hydrogen-bond donors (Lipinski definition) is 0. The van der Waals surface area contributed by atoms with Crippen molar-refractivity contribution in [1.82, 2.24) is 0 Å². The maximum Gasteiger partial charge on any atom is -1.00 e. The maximum absolute atomic E-state index is 3.16. The van der Waals surface area contributed by atoms with Crippen molar-refractivity contribution in [1.29, 1.82) is 0 Å². The quantitative estimate of drug-likeness (QED) is 0.190. The predicted molar refractivity (Wildman–Crippen MR) is 201 cm³/mol. The molecule has 4 aromatic rings. The summed E-state index contributed by atoms with van der Waals surface area (Å²) in [6.45, 7) is 25.0. The molecule has 0 unspecified atom stereocenters. The Kier molecular flexibility index (Phi) is 12.9. The van der Waals surface area contributed by atoms with E-state index >= 15 is 0 Å². The van der Waals surface area contributed by atoms with Crippen molar-refractivity contribution >= 4 is 35.9 Å². The Bertz CT molecular complexity index is 1840. The Balaban J connectivity index is 0.000000246. The van der Waals surface area contributed by atoms with E-state index in [1.54, 1.807) is 0 Å². The molecule has 0 fully saturated rings. The zero-order chi connectivity index (χ0) is 33.6. The number of rotatable bonds is 1. The fraction of sp³-hybridized carbons (Fsp3) is 0.378. The minimum Gasteiger partial charge on any atom is -1.00 e. The molecule has 0 amide bonds. The van der Waals surface area contributed by atoms with Crippen LogP contribution in [0.25, 0.3) is 32.7 Å². The van der Waals surface area contributed by atoms with Gasteiger partial charge >= 0.3 is 76.7 Å². The van der Waals surface area contributed by atoms with Crippen LogP contribution in [0.15, 0.2) is 84.5 Å². The average Bonchev–Trinajstić information content (AvgIpc) is 3.66. The van der Waals surface area contributed by atoms with Gasteiger partial charge in [0.25, 0.3) is 0 Å². The third-order valence-corrected chi connectivity index (χ3v) is 10.9. The van der Waals surface area contributed by atoms with Crippen molar-refractivity contribution in [3.63, 3.8) is 0 Å². The van der Waals surface area contributed by atoms with Crippen molar-refractivity contribution in [2.45, 2.75) is 106 Å². The second-order valence-electron chi connectivity index (χ2n) is 16.0. The molecule has 3 aliphatic carbocycles. The molecule has 48 heavy (non-hydrogen) atoms. The molecule has 7 rings (SSSR count). The summed E-state index contributed by atoms with van der Waals surface area (Å²) in [4.78, 5) is 0. The molecule has 0 bridgehead atoms. The average molecular weight is 755 g/mol. The van der Waals surface area contributed by atoms with Crippen LogP contribution in [0.3, 0.4) is 0 Å². The number of aryl methyl sites for hydroxylation is 1. The third kappa shape index (κ3) is 8.57. The number of fused-ring (bicyclic) bond motifs is 5. The molecular weight excluding hydrogens is 703 g/mol. The van der Waals surface area contributed by atoms with E-state index in [4.69, 9.17) is 0 Å². The first kappa shape index (κ1) is 40.3. The van der Waals surface area contributed by atoms with Crippen LogP contribution >= 0.6 is 0 Å². The monoisotopic (exact) mass is 752 g/mol. The predicted octanol–water partition coefficient (Wildman–Crippen LogP) is 6.69. The van der Waals surface area contributed by atoms with Gasteiger partial charge in [-0.2, -0.15) is 11.6 Å². The van der Waals surface area contributed by atoms with E-state index in [0.29, 0.717) is 5.41 Å². The molecule has 4 aromatic carbocycles. The van der Waals surface area contributed by atoms with Gasteiger partial charge in [0.05, 0.1) is 0 Å². The summed E-state index contributed by atoms with van der Waals surface area (Å²) in [6.07, 6.45) is 15.6. The third-order valence-electron chi connectivity index (χ3n) is 10.2. The Labute approximate surface area is 318 Å². The van der Waals surface area contributed by atoms with Crippen LogP contribution in [0.2, 0.25) is 0 Å². The summed E-state index contributed by atoms with van der Waals surface area (Å²) in [7, 11) is 0. The van der Waals surface area contributed by atoms with E-state index in [-0.39, 0.29) is 35.6 Å². The molecule has 0 aliphatic heterocycles. The Morgan fingerprint density at radius 3 is 1.54 bits per heavy atom. The first-order valence-electron chi connectivity index (χ1n) is 16.9. The summed E-state index contributed by atoms with van der Waals surface area (Å²) in [5.41, 5.74) is 13.6. The summed E-state index contributed by atoms with van der Waals surface area (Å²) < 4.78 is 1.46. The van der Waals surface area contributed by atoms with Crippen molar-refractivity contribution in [3.8, 4) is 0 Å². The van der Waals surface area contributed by atoms with Crippen molar-refractivity contribution < 1.29 is 49.0 Å². The number of allylic oxidation sites excluding steroid dienone is 8. The van der Waals surface area contributed by atoms with E-state index in [0.717, 1.165) is 19.3 Å². The molecule has 252 valence electrons. The minimum atomic E-state index is 0. The van der Waals surface area contributed by atoms with Gasteiger partial charge in [-0.05, 0) is 59.8 Å². The van der Waals surface area contributed by atoms with E-state index in [1.807, 2.05) is 0 Å². The van der Waals surface area contributed by atoms with Crippen LogP contribution in [0, 0.1) is 18.4 Å². The Hall–Kier alpha value is -2.18. The maximum atomic E-state index is 3.16. The van der Waals surface area contributed by atoms with Gasteiger partial charge in [0, 0.05) is 0 Å². The molecule has 0 atom stereocenters. The standard InChI is InChI=1S/C27H29.C9H13.C9H10.2ClH.Zr/c1-16-7-9-26(3,4)24-12-18-11-19-13-25-21(17(2)8-10-27(25,5)6)15-23(19)22(18)14-20(16)24;1-9(2,3)8-6-4-5-7-8;1-3-9-6-4-8(2)5-7-9;;;/h7-8,11-15H,9-10H2,1-6H3;6-7H,4H2,1-3H3;4-7H,1-2H3;2*1H;/q2*-1;;;;+2/p-2. The van der Waals surface area contributed by atoms with Crippen LogP contribution < -0.4 is 24.8 Å². The van der Waals surface area contributed by atoms with E-state index in [1.165, 1.54) is 99.1 Å². The van der Waals surface area contributed by atoms with Crippen LogP contribution in [0.5, 0.6) is 0 Å². The van der Waals surface area contributed by atoms with Crippen molar-refractivity contribution in [2.24, 2.45) is 5.41 Å². The topological polar surface area (TPSA) is 0 Å². The SMILES string of the molecule is CC(C)(C)C1=CC[C-]=C1.CC1=CCC(C)(C)c2cc3[cH-]c4cc5c(cc4c3cc21)C(C)=CCC5(C)C.C[C](=[Zr+2])c1ccc(C)cc1.[Cl-].[Cl-]. The molecule has 0 nitrogen and oxygen atoms in total. The molecule has 3 aliphatic rings. The minimum absolute atomic E-state index is 0. The molecule has 0 saturated carbocycles. The summed E-state index contributed by atoms with van der Waals surface area (Å²) in [5, 5.41) is 5.61. The van der Waals surface area contributed by atoms with Crippen molar-refractivity contribution in [3.05, 3.63) is 124 Å². The second kappa shape index (κ2) is 15.4. The van der Waals surface area contributed by atoms with E-state index < -0.39 is 0 Å². The Morgan fingerprint density at radius 2 is 1.19 bits per heavy atom. The van der Waals surface area contributed by atoms with Crippen LogP contribution in [0.4, 0.5) is 0 Å². The van der Waals surface area contributed by atoms with Crippen LogP contribution in [-0.4, -0.2) is 3.21 Å². The molecule has 0 spiro atoms. The summed E-state index contributed by atoms with van der Waals surface area (Å²) >= 11 is 1.51. The van der Waals surface area contributed by atoms with E-state index in [2.05, 4.69) is 161 Å². The molecule has 0 radical (unpaired) electrons. The number of benzene rings is 3. The van der Waals surface area contributed by atoms with Crippen molar-refractivity contribution in [2.75, 3.05) is 0 Å². The van der Waals surface area contributed by atoms with E-state index in [9.17, 15) is 0 Å². The molecule has 0 saturated heterocycles. The molecule has 0 N–H and O–H groups in total. The summed E-state index contributed by atoms with van der Waals surface area (Å²) in [5.74, 6) is 0. The van der Waals surface area contributed by atoms with Gasteiger partial charge in [-0.25, -0.2) is 6.08 Å². The fourth-order valence-electron chi connectivity index (χ4n) is 6.86. The van der Waals surface area contributed by atoms with Gasteiger partial charge in [0.2, 0.25) is 0 Å². The van der Waals surface area contributed by atoms with Crippen LogP contribution in [0.1, 0.15) is 122 Å². The van der Waals surface area contributed by atoms with Gasteiger partial charge in [-0.3, -0.25) is 6.08 Å². The smallest absolute Gasteiger partial charge is 1.00 e. The summed E-state index contributed by atoms with van der Waals surface area (Å²) in [6, 6.07) is 20.9. The van der Waals surface area contributed by atoms with Crippen LogP contribution in [-0.2, 0) is 35.1 Å². The zero-order valence-corrected chi connectivity index (χ0v) is 34.9. The van der Waals surface area contributed by atoms with Gasteiger partial charge in [-0.1, -0.05) is 89.3 Å². The van der Waals surface area contributed by atoms with Gasteiger partial charge in [0.1, 0.15) is 0 Å². The number of halogens is 2. The molecular formula is C45H52Cl2Zr-2. The normalized spacial score (nSPS) is 16.8. The Morgan fingerprint density at radius 1 is 0.729 bits per heavy atom. The second-order valence-corrected chi connectivity index (χ2v) is 17.9. The zero-order valence-electron chi connectivity index (χ0n) is 30.9. The molecule has 0 aromatic heterocycles. The first-order chi connectivity index (χ1) is 21.5. The number of hydrogen-bond acceptors (Lipinski definition) is 0. The largest absolute Gasteiger partial charge is 1.00 e. The van der Waals surface area contributed by atoms with Gasteiger partial charge < -0.3 is 24.8 Å². The van der Waals surface area contributed by atoms with Gasteiger partial charge in [-0.15, -0.1) is 46.2 Å². The fourth-order valence-corrected chi connectivity index (χ4v) is 7.27. The van der Waals surface area contributed by atoms with Gasteiger partial charge in [0.15, 0.2) is 0 Å².